The van der Waals surface area contributed by atoms with Gasteiger partial charge in [-0.2, -0.15) is 0 Å². The number of benzene rings is 1. The normalized spacial score (nSPS) is 13.6. The standard InChI is InChI=1S/C14H18FNO4/c1-9(10-5-3-4-6-11(10)15)7-13(17)16-8-12(20-2)14(18)19/h3-6,9,12H,7-8H2,1-2H3,(H,16,17)(H,18,19). The van der Waals surface area contributed by atoms with Gasteiger partial charge >= 0.3 is 5.97 Å². The molecular formula is C14H18FNO4. The Morgan fingerprint density at radius 3 is 2.60 bits per heavy atom. The Bertz CT molecular complexity index is 478. The van der Waals surface area contributed by atoms with Crippen LogP contribution < -0.4 is 5.32 Å². The molecule has 0 aliphatic carbocycles. The molecule has 6 heteroatoms. The second-order valence-corrected chi connectivity index (χ2v) is 4.49. The van der Waals surface area contributed by atoms with E-state index in [1.807, 2.05) is 0 Å². The Kier molecular flexibility index (Phi) is 6.11. The molecule has 2 N–H and O–H groups in total. The van der Waals surface area contributed by atoms with E-state index in [0.29, 0.717) is 5.56 Å². The second-order valence-electron chi connectivity index (χ2n) is 4.49. The quantitative estimate of drug-likeness (QED) is 0.796. The van der Waals surface area contributed by atoms with Crippen molar-refractivity contribution >= 4 is 11.9 Å². The smallest absolute Gasteiger partial charge is 0.334 e. The number of rotatable bonds is 7. The van der Waals surface area contributed by atoms with Crippen molar-refractivity contribution in [1.29, 1.82) is 0 Å². The third-order valence-electron chi connectivity index (χ3n) is 2.97. The maximum absolute atomic E-state index is 13.5. The molecule has 0 fully saturated rings. The lowest BCUT2D eigenvalue weighted by Crippen LogP contribution is -2.38. The Morgan fingerprint density at radius 1 is 1.40 bits per heavy atom. The van der Waals surface area contributed by atoms with Gasteiger partial charge in [-0.25, -0.2) is 9.18 Å². The lowest BCUT2D eigenvalue weighted by molar-refractivity contribution is -0.148. The van der Waals surface area contributed by atoms with Crippen LogP contribution in [0.3, 0.4) is 0 Å². The lowest BCUT2D eigenvalue weighted by atomic mass is 9.97. The Morgan fingerprint density at radius 2 is 2.05 bits per heavy atom. The van der Waals surface area contributed by atoms with Gasteiger partial charge in [0.1, 0.15) is 5.82 Å². The predicted octanol–water partition coefficient (Wildman–Crippen LogP) is 1.54. The molecular weight excluding hydrogens is 265 g/mol. The van der Waals surface area contributed by atoms with E-state index in [0.717, 1.165) is 0 Å². The summed E-state index contributed by atoms with van der Waals surface area (Å²) >= 11 is 0. The summed E-state index contributed by atoms with van der Waals surface area (Å²) in [6.45, 7) is 1.62. The molecule has 1 rings (SSSR count). The van der Waals surface area contributed by atoms with Crippen LogP contribution in [0.4, 0.5) is 4.39 Å². The molecule has 5 nitrogen and oxygen atoms in total. The Labute approximate surface area is 116 Å². The van der Waals surface area contributed by atoms with Crippen LogP contribution >= 0.6 is 0 Å². The molecule has 2 unspecified atom stereocenters. The van der Waals surface area contributed by atoms with E-state index in [9.17, 15) is 14.0 Å². The molecule has 0 heterocycles. The zero-order valence-electron chi connectivity index (χ0n) is 11.4. The van der Waals surface area contributed by atoms with Crippen molar-refractivity contribution in [3.63, 3.8) is 0 Å². The molecule has 0 saturated heterocycles. The first-order chi connectivity index (χ1) is 9.45. The average Bonchev–Trinajstić information content (AvgIpc) is 2.39. The topological polar surface area (TPSA) is 75.6 Å². The molecule has 1 aromatic rings. The molecule has 0 saturated carbocycles. The summed E-state index contributed by atoms with van der Waals surface area (Å²) in [6.07, 6.45) is -1.00. The summed E-state index contributed by atoms with van der Waals surface area (Å²) in [4.78, 5) is 22.4. The van der Waals surface area contributed by atoms with Gasteiger partial charge in [0.15, 0.2) is 6.10 Å². The number of methoxy groups -OCH3 is 1. The second kappa shape index (κ2) is 7.59. The first-order valence-corrected chi connectivity index (χ1v) is 6.22. The van der Waals surface area contributed by atoms with E-state index in [4.69, 9.17) is 9.84 Å². The number of aliphatic carboxylic acids is 1. The zero-order valence-corrected chi connectivity index (χ0v) is 11.4. The highest BCUT2D eigenvalue weighted by atomic mass is 19.1. The molecule has 0 aliphatic heterocycles. The highest BCUT2D eigenvalue weighted by Crippen LogP contribution is 2.21. The molecule has 0 bridgehead atoms. The fourth-order valence-corrected chi connectivity index (χ4v) is 1.81. The van der Waals surface area contributed by atoms with Crippen molar-refractivity contribution in [2.75, 3.05) is 13.7 Å². The number of carboxylic acid groups (broad SMARTS) is 1. The molecule has 0 aliphatic rings. The third-order valence-corrected chi connectivity index (χ3v) is 2.97. The molecule has 1 aromatic carbocycles. The van der Waals surface area contributed by atoms with Gasteiger partial charge in [-0.1, -0.05) is 25.1 Å². The minimum Gasteiger partial charge on any atom is -0.479 e. The van der Waals surface area contributed by atoms with Crippen LogP contribution in [-0.2, 0) is 14.3 Å². The van der Waals surface area contributed by atoms with Crippen molar-refractivity contribution in [3.05, 3.63) is 35.6 Å². The third kappa shape index (κ3) is 4.62. The van der Waals surface area contributed by atoms with Crippen LogP contribution in [0.5, 0.6) is 0 Å². The number of hydrogen-bond donors (Lipinski definition) is 2. The number of carboxylic acids is 1. The van der Waals surface area contributed by atoms with E-state index >= 15 is 0 Å². The number of nitrogens with one attached hydrogen (secondary N) is 1. The van der Waals surface area contributed by atoms with Crippen LogP contribution in [0, 0.1) is 5.82 Å². The van der Waals surface area contributed by atoms with E-state index in [1.165, 1.54) is 13.2 Å². The van der Waals surface area contributed by atoms with Crippen molar-refractivity contribution in [3.8, 4) is 0 Å². The minimum absolute atomic E-state index is 0.0803. The van der Waals surface area contributed by atoms with Gasteiger partial charge in [-0.05, 0) is 17.5 Å². The Balaban J connectivity index is 2.50. The lowest BCUT2D eigenvalue weighted by Gasteiger charge is -2.15. The van der Waals surface area contributed by atoms with Gasteiger partial charge in [0.25, 0.3) is 0 Å². The number of halogens is 1. The zero-order chi connectivity index (χ0) is 15.1. The van der Waals surface area contributed by atoms with E-state index in [2.05, 4.69) is 5.32 Å². The predicted molar refractivity (Wildman–Crippen MR) is 70.9 cm³/mol. The van der Waals surface area contributed by atoms with Crippen LogP contribution in [0.15, 0.2) is 24.3 Å². The number of amides is 1. The van der Waals surface area contributed by atoms with Crippen LogP contribution in [0.2, 0.25) is 0 Å². The van der Waals surface area contributed by atoms with Gasteiger partial charge in [0, 0.05) is 13.5 Å². The summed E-state index contributed by atoms with van der Waals surface area (Å²) in [5, 5.41) is 11.2. The van der Waals surface area contributed by atoms with Crippen LogP contribution in [0.1, 0.15) is 24.8 Å². The summed E-state index contributed by atoms with van der Waals surface area (Å²) in [5.41, 5.74) is 0.462. The van der Waals surface area contributed by atoms with E-state index in [1.54, 1.807) is 25.1 Å². The molecule has 0 spiro atoms. The number of carbonyl (C=O) groups is 2. The summed E-state index contributed by atoms with van der Waals surface area (Å²) in [5.74, 6) is -2.13. The highest BCUT2D eigenvalue weighted by molar-refractivity contribution is 5.78. The first kappa shape index (κ1) is 16.1. The molecule has 1 amide bonds. The molecule has 2 atom stereocenters. The molecule has 110 valence electrons. The monoisotopic (exact) mass is 283 g/mol. The SMILES string of the molecule is COC(CNC(=O)CC(C)c1ccccc1F)C(=O)O. The van der Waals surface area contributed by atoms with Crippen LogP contribution in [0.25, 0.3) is 0 Å². The maximum Gasteiger partial charge on any atom is 0.334 e. The number of carbonyl (C=O) groups excluding carboxylic acids is 1. The average molecular weight is 283 g/mol. The maximum atomic E-state index is 13.5. The van der Waals surface area contributed by atoms with Crippen molar-refractivity contribution < 1.29 is 23.8 Å². The van der Waals surface area contributed by atoms with Crippen molar-refractivity contribution in [1.82, 2.24) is 5.32 Å². The summed E-state index contributed by atoms with van der Waals surface area (Å²) in [6, 6.07) is 6.26. The van der Waals surface area contributed by atoms with Gasteiger partial charge in [-0.3, -0.25) is 4.79 Å². The first-order valence-electron chi connectivity index (χ1n) is 6.22. The van der Waals surface area contributed by atoms with E-state index in [-0.39, 0.29) is 30.6 Å². The minimum atomic E-state index is -1.14. The van der Waals surface area contributed by atoms with Crippen LogP contribution in [-0.4, -0.2) is 36.7 Å². The fraction of sp³-hybridized carbons (Fsp3) is 0.429. The molecule has 0 radical (unpaired) electrons. The number of hydrogen-bond acceptors (Lipinski definition) is 3. The molecule has 0 aromatic heterocycles. The Hall–Kier alpha value is -1.95. The highest BCUT2D eigenvalue weighted by Gasteiger charge is 2.19. The van der Waals surface area contributed by atoms with Gasteiger partial charge < -0.3 is 15.2 Å². The van der Waals surface area contributed by atoms with Gasteiger partial charge in [0.2, 0.25) is 5.91 Å². The summed E-state index contributed by atoms with van der Waals surface area (Å²) in [7, 11) is 1.26. The molecule has 20 heavy (non-hydrogen) atoms. The van der Waals surface area contributed by atoms with Gasteiger partial charge in [-0.15, -0.1) is 0 Å². The fourth-order valence-electron chi connectivity index (χ4n) is 1.81. The number of ether oxygens (including phenoxy) is 1. The van der Waals surface area contributed by atoms with E-state index < -0.39 is 12.1 Å². The largest absolute Gasteiger partial charge is 0.479 e. The van der Waals surface area contributed by atoms with Gasteiger partial charge in [0.05, 0.1) is 6.54 Å². The van der Waals surface area contributed by atoms with Crippen molar-refractivity contribution in [2.24, 2.45) is 0 Å². The summed E-state index contributed by atoms with van der Waals surface area (Å²) < 4.78 is 18.2. The van der Waals surface area contributed by atoms with Crippen molar-refractivity contribution in [2.45, 2.75) is 25.4 Å².